The van der Waals surface area contributed by atoms with E-state index in [1.54, 1.807) is 42.9 Å². The van der Waals surface area contributed by atoms with E-state index in [1.165, 1.54) is 34.5 Å². The number of rotatable bonds is 6. The summed E-state index contributed by atoms with van der Waals surface area (Å²) in [6.45, 7) is 6.08. The van der Waals surface area contributed by atoms with Crippen LogP contribution >= 0.6 is 0 Å². The summed E-state index contributed by atoms with van der Waals surface area (Å²) in [5.41, 5.74) is 2.67. The first kappa shape index (κ1) is 30.2. The molecule has 234 valence electrons. The van der Waals surface area contributed by atoms with Crippen molar-refractivity contribution in [3.8, 4) is 22.9 Å². The lowest BCUT2D eigenvalue weighted by Crippen LogP contribution is -2.31. The Morgan fingerprint density at radius 1 is 1.07 bits per heavy atom. The maximum absolute atomic E-state index is 14.5. The summed E-state index contributed by atoms with van der Waals surface area (Å²) in [4.78, 5) is 14.0. The lowest BCUT2D eigenvalue weighted by Gasteiger charge is -2.26. The summed E-state index contributed by atoms with van der Waals surface area (Å²) in [5, 5.41) is 8.26. The number of hydrogen-bond acceptors (Lipinski definition) is 6. The standard InChI is InChI=1S/C31H35F3N6O3S/c1-18-15-22(16-19(2)28(18)32)40-30(27-20(3)36-10-7-25(27)37-40)39-12-11-38(31(39)41)21-5-6-26(24(17-21)29(33)34)43-23-8-13-44(42,35-4)14-9-23/h5-6,11-12,15-17,20,23,29,36H,7-10,13-14H2,1-4H3/t20-,23?,44?/m0/s1. The Morgan fingerprint density at radius 2 is 1.75 bits per heavy atom. The summed E-state index contributed by atoms with van der Waals surface area (Å²) >= 11 is 0. The maximum Gasteiger partial charge on any atom is 0.338 e. The van der Waals surface area contributed by atoms with Crippen LogP contribution in [0, 0.1) is 19.7 Å². The molecule has 13 heteroatoms. The molecule has 4 aromatic rings. The molecule has 6 rings (SSSR count). The zero-order valence-corrected chi connectivity index (χ0v) is 25.8. The Labute approximate surface area is 253 Å². The molecule has 2 aromatic heterocycles. The fourth-order valence-corrected chi connectivity index (χ4v) is 7.95. The van der Waals surface area contributed by atoms with E-state index in [4.69, 9.17) is 9.84 Å². The number of aromatic nitrogens is 4. The second kappa shape index (κ2) is 11.6. The molecule has 1 fully saturated rings. The molecular formula is C31H35F3N6O3S. The molecule has 44 heavy (non-hydrogen) atoms. The molecule has 0 spiro atoms. The number of aryl methyl sites for hydroxylation is 2. The van der Waals surface area contributed by atoms with E-state index in [-0.39, 0.29) is 35.0 Å². The van der Waals surface area contributed by atoms with E-state index in [1.807, 2.05) is 6.92 Å². The molecule has 0 saturated carbocycles. The fourth-order valence-electron chi connectivity index (χ4n) is 6.12. The third kappa shape index (κ3) is 5.36. The van der Waals surface area contributed by atoms with Gasteiger partial charge >= 0.3 is 5.69 Å². The second-order valence-corrected chi connectivity index (χ2v) is 14.2. The zero-order chi connectivity index (χ0) is 31.3. The van der Waals surface area contributed by atoms with Gasteiger partial charge in [0.05, 0.1) is 22.6 Å². The predicted octanol–water partition coefficient (Wildman–Crippen LogP) is 5.35. The number of imidazole rings is 1. The summed E-state index contributed by atoms with van der Waals surface area (Å²) in [6.07, 6.45) is 1.50. The van der Waals surface area contributed by atoms with E-state index in [9.17, 15) is 22.2 Å². The molecule has 0 aliphatic carbocycles. The van der Waals surface area contributed by atoms with Gasteiger partial charge in [-0.25, -0.2) is 31.2 Å². The fraction of sp³-hybridized carbons (Fsp3) is 0.419. The first-order chi connectivity index (χ1) is 21.0. The minimum atomic E-state index is -2.84. The van der Waals surface area contributed by atoms with Gasteiger partial charge in [-0.1, -0.05) is 0 Å². The highest BCUT2D eigenvalue weighted by Crippen LogP contribution is 2.34. The maximum atomic E-state index is 14.5. The topological polar surface area (TPSA) is 95.4 Å². The first-order valence-corrected chi connectivity index (χ1v) is 16.5. The van der Waals surface area contributed by atoms with E-state index in [2.05, 4.69) is 9.68 Å². The van der Waals surface area contributed by atoms with Gasteiger partial charge in [0.15, 0.2) is 0 Å². The van der Waals surface area contributed by atoms with Gasteiger partial charge in [-0.2, -0.15) is 5.10 Å². The van der Waals surface area contributed by atoms with Gasteiger partial charge in [-0.05, 0) is 75.1 Å². The van der Waals surface area contributed by atoms with Gasteiger partial charge < -0.3 is 10.1 Å². The van der Waals surface area contributed by atoms with Crippen LogP contribution in [-0.4, -0.2) is 54.3 Å². The Morgan fingerprint density at radius 3 is 2.41 bits per heavy atom. The van der Waals surface area contributed by atoms with Crippen molar-refractivity contribution >= 4 is 9.73 Å². The van der Waals surface area contributed by atoms with Crippen LogP contribution in [0.4, 0.5) is 13.2 Å². The summed E-state index contributed by atoms with van der Waals surface area (Å²) in [6, 6.07) is 7.58. The molecule has 2 aromatic carbocycles. The molecule has 2 aliphatic heterocycles. The number of nitrogens with zero attached hydrogens (tertiary/aromatic N) is 5. The van der Waals surface area contributed by atoms with Crippen molar-refractivity contribution in [1.29, 1.82) is 0 Å². The number of ether oxygens (including phenoxy) is 1. The molecule has 1 atom stereocenters. The quantitative estimate of drug-likeness (QED) is 0.311. The predicted molar refractivity (Wildman–Crippen MR) is 163 cm³/mol. The van der Waals surface area contributed by atoms with Crippen molar-refractivity contribution in [3.05, 3.63) is 87.0 Å². The van der Waals surface area contributed by atoms with E-state index >= 15 is 0 Å². The molecule has 4 heterocycles. The Hall–Kier alpha value is -3.84. The number of benzene rings is 2. The SMILES string of the molecule is CN=S1(=O)CCC(Oc2ccc(-n3ccn(-c4c5c(nn4-c4cc(C)c(F)c(C)c4)CCN[C@H]5C)c3=O)cc2C(F)F)CC1. The third-order valence-corrected chi connectivity index (χ3v) is 11.0. The monoisotopic (exact) mass is 628 g/mol. The molecule has 1 saturated heterocycles. The number of hydrogen-bond donors (Lipinski definition) is 1. The molecule has 0 unspecified atom stereocenters. The summed E-state index contributed by atoms with van der Waals surface area (Å²) in [7, 11) is -0.712. The van der Waals surface area contributed by atoms with Gasteiger partial charge in [-0.15, -0.1) is 0 Å². The van der Waals surface area contributed by atoms with Gasteiger partial charge in [-0.3, -0.25) is 9.13 Å². The highest BCUT2D eigenvalue weighted by Gasteiger charge is 2.30. The smallest absolute Gasteiger partial charge is 0.338 e. The third-order valence-electron chi connectivity index (χ3n) is 8.54. The zero-order valence-electron chi connectivity index (χ0n) is 25.0. The summed E-state index contributed by atoms with van der Waals surface area (Å²) < 4.78 is 69.9. The molecule has 9 nitrogen and oxygen atoms in total. The normalized spacial score (nSPS) is 21.8. The minimum absolute atomic E-state index is 0.0390. The second-order valence-electron chi connectivity index (χ2n) is 11.4. The first-order valence-electron chi connectivity index (χ1n) is 14.6. The minimum Gasteiger partial charge on any atom is -0.490 e. The van der Waals surface area contributed by atoms with Crippen LogP contribution < -0.4 is 15.7 Å². The van der Waals surface area contributed by atoms with Crippen LogP contribution in [0.1, 0.15) is 60.2 Å². The van der Waals surface area contributed by atoms with Crippen molar-refractivity contribution < 1.29 is 22.1 Å². The van der Waals surface area contributed by atoms with Crippen molar-refractivity contribution in [2.24, 2.45) is 4.36 Å². The average molecular weight is 629 g/mol. The lowest BCUT2D eigenvalue weighted by atomic mass is 10.0. The van der Waals surface area contributed by atoms with Crippen LogP contribution in [0.5, 0.6) is 5.75 Å². The van der Waals surface area contributed by atoms with Crippen LogP contribution in [0.3, 0.4) is 0 Å². The van der Waals surface area contributed by atoms with Gasteiger partial charge in [0.1, 0.15) is 23.5 Å². The van der Waals surface area contributed by atoms with Gasteiger partial charge in [0.25, 0.3) is 6.43 Å². The highest BCUT2D eigenvalue weighted by molar-refractivity contribution is 7.93. The van der Waals surface area contributed by atoms with E-state index in [0.717, 1.165) is 17.8 Å². The van der Waals surface area contributed by atoms with E-state index < -0.39 is 21.8 Å². The van der Waals surface area contributed by atoms with Gasteiger partial charge in [0.2, 0.25) is 0 Å². The van der Waals surface area contributed by atoms with E-state index in [0.29, 0.717) is 53.4 Å². The Kier molecular flexibility index (Phi) is 7.95. The lowest BCUT2D eigenvalue weighted by molar-refractivity contribution is 0.134. The molecule has 0 bridgehead atoms. The summed E-state index contributed by atoms with van der Waals surface area (Å²) in [5.74, 6) is 0.982. The van der Waals surface area contributed by atoms with Crippen molar-refractivity contribution in [2.45, 2.75) is 58.6 Å². The molecule has 1 N–H and O–H groups in total. The van der Waals surface area contributed by atoms with Crippen molar-refractivity contribution in [2.75, 3.05) is 25.1 Å². The largest absolute Gasteiger partial charge is 0.490 e. The molecule has 0 amide bonds. The van der Waals surface area contributed by atoms with Crippen LogP contribution in [0.25, 0.3) is 17.2 Å². The van der Waals surface area contributed by atoms with Crippen LogP contribution in [0.2, 0.25) is 0 Å². The highest BCUT2D eigenvalue weighted by atomic mass is 32.2. The Bertz CT molecular complexity index is 1880. The molecule has 2 aliphatic rings. The van der Waals surface area contributed by atoms with Crippen LogP contribution in [-0.2, 0) is 16.1 Å². The van der Waals surface area contributed by atoms with Crippen molar-refractivity contribution in [1.82, 2.24) is 24.2 Å². The number of nitrogens with one attached hydrogen (secondary N) is 1. The average Bonchev–Trinajstić information content (AvgIpc) is 3.58. The van der Waals surface area contributed by atoms with Gasteiger partial charge in [0, 0.05) is 65.2 Å². The molecular weight excluding hydrogens is 593 g/mol. The Balaban J connectivity index is 1.40. The van der Waals surface area contributed by atoms with Crippen LogP contribution in [0.15, 0.2) is 51.9 Å². The number of alkyl halides is 2. The van der Waals surface area contributed by atoms with Crippen molar-refractivity contribution in [3.63, 3.8) is 0 Å². The number of halogens is 3. The number of fused-ring (bicyclic) bond motifs is 1. The molecule has 0 radical (unpaired) electrons.